The normalized spacial score (nSPS) is 11.0. The molecule has 0 aliphatic heterocycles. The van der Waals surface area contributed by atoms with Gasteiger partial charge < -0.3 is 4.74 Å². The molecule has 0 heterocycles. The highest BCUT2D eigenvalue weighted by atomic mass is 16.6. The minimum atomic E-state index is -0.654. The zero-order valence-electron chi connectivity index (χ0n) is 18.4. The van der Waals surface area contributed by atoms with Crippen LogP contribution in [0.15, 0.2) is 24.8 Å². The van der Waals surface area contributed by atoms with E-state index in [1.807, 2.05) is 0 Å². The third-order valence-corrected chi connectivity index (χ3v) is 5.02. The Labute approximate surface area is 174 Å². The Morgan fingerprint density at radius 1 is 0.679 bits per heavy atom. The number of esters is 2. The zero-order chi connectivity index (χ0) is 20.7. The van der Waals surface area contributed by atoms with Gasteiger partial charge in [-0.05, 0) is 32.1 Å². The van der Waals surface area contributed by atoms with Crippen molar-refractivity contribution in [1.82, 2.24) is 0 Å². The maximum Gasteiger partial charge on any atom is 0.337 e. The van der Waals surface area contributed by atoms with Crippen molar-refractivity contribution < 1.29 is 14.3 Å². The van der Waals surface area contributed by atoms with E-state index < -0.39 is 11.9 Å². The van der Waals surface area contributed by atoms with Crippen LogP contribution in [0.5, 0.6) is 0 Å². The fourth-order valence-electron chi connectivity index (χ4n) is 3.25. The predicted octanol–water partition coefficient (Wildman–Crippen LogP) is 7.84. The zero-order valence-corrected chi connectivity index (χ0v) is 18.4. The van der Waals surface area contributed by atoms with Crippen LogP contribution in [0.25, 0.3) is 0 Å². The minimum absolute atomic E-state index is 0.325. The molecule has 3 heteroatoms. The molecule has 0 amide bonds. The summed E-state index contributed by atoms with van der Waals surface area (Å²) in [6, 6.07) is 0. The molecule has 28 heavy (non-hydrogen) atoms. The van der Waals surface area contributed by atoms with Gasteiger partial charge in [-0.3, -0.25) is 4.79 Å². The lowest BCUT2D eigenvalue weighted by atomic mass is 10.1. The van der Waals surface area contributed by atoms with Gasteiger partial charge in [-0.25, -0.2) is 4.79 Å². The first kappa shape index (κ1) is 26.6. The lowest BCUT2D eigenvalue weighted by molar-refractivity contribution is -0.156. The molecular formula is C25H44O3. The first-order valence-electron chi connectivity index (χ1n) is 11.7. The highest BCUT2D eigenvalue weighted by Crippen LogP contribution is 2.12. The summed E-state index contributed by atoms with van der Waals surface area (Å²) in [5.74, 6) is -1.09. The van der Waals surface area contributed by atoms with Crippen molar-refractivity contribution in [2.75, 3.05) is 0 Å². The van der Waals surface area contributed by atoms with Crippen LogP contribution in [0.2, 0.25) is 0 Å². The average molecular weight is 393 g/mol. The number of rotatable bonds is 20. The molecule has 0 saturated carbocycles. The monoisotopic (exact) mass is 392 g/mol. The minimum Gasteiger partial charge on any atom is -0.390 e. The number of carbonyl (C=O) groups is 2. The summed E-state index contributed by atoms with van der Waals surface area (Å²) in [4.78, 5) is 22.2. The first-order chi connectivity index (χ1) is 13.7. The number of ether oxygens (including phenoxy) is 1. The molecule has 0 bridgehead atoms. The van der Waals surface area contributed by atoms with E-state index in [1.165, 1.54) is 89.9 Å². The van der Waals surface area contributed by atoms with Gasteiger partial charge in [-0.1, -0.05) is 103 Å². The van der Waals surface area contributed by atoms with Crippen LogP contribution in [0, 0.1) is 0 Å². The summed E-state index contributed by atoms with van der Waals surface area (Å²) in [5, 5.41) is 0. The molecule has 0 aliphatic rings. The standard InChI is InChI=1S/C25H44O3/c1-3-5-6-7-8-9-10-11-12-13-14-15-16-17-18-19-20-21-22-23-25(27)28-24(26)4-2/h4,11-12H,2-3,5-10,13-23H2,1H3. The molecular weight excluding hydrogens is 348 g/mol. The van der Waals surface area contributed by atoms with E-state index >= 15 is 0 Å². The third kappa shape index (κ3) is 20.9. The van der Waals surface area contributed by atoms with Crippen molar-refractivity contribution in [2.24, 2.45) is 0 Å². The van der Waals surface area contributed by atoms with E-state index in [-0.39, 0.29) is 0 Å². The maximum absolute atomic E-state index is 11.3. The Morgan fingerprint density at radius 3 is 1.57 bits per heavy atom. The Balaban J connectivity index is 3.19. The van der Waals surface area contributed by atoms with Crippen molar-refractivity contribution in [3.05, 3.63) is 24.8 Å². The SMILES string of the molecule is C=CC(=O)OC(=O)CCCCCCCCCCCC=CCCCCCCCC. The number of unbranched alkanes of at least 4 members (excludes halogenated alkanes) is 15. The Kier molecular flexibility index (Phi) is 20.8. The molecule has 162 valence electrons. The molecule has 0 unspecified atom stereocenters. The van der Waals surface area contributed by atoms with Crippen LogP contribution in [-0.4, -0.2) is 11.9 Å². The van der Waals surface area contributed by atoms with Gasteiger partial charge in [-0.15, -0.1) is 0 Å². The van der Waals surface area contributed by atoms with Crippen LogP contribution >= 0.6 is 0 Å². The van der Waals surface area contributed by atoms with E-state index in [0.717, 1.165) is 25.3 Å². The molecule has 0 aliphatic carbocycles. The van der Waals surface area contributed by atoms with E-state index in [2.05, 4.69) is 30.4 Å². The lowest BCUT2D eigenvalue weighted by Gasteiger charge is -2.02. The number of allylic oxidation sites excluding steroid dienone is 2. The molecule has 0 saturated heterocycles. The van der Waals surface area contributed by atoms with Crippen molar-refractivity contribution in [3.63, 3.8) is 0 Å². The molecule has 0 spiro atoms. The fraction of sp³-hybridized carbons (Fsp3) is 0.760. The second-order valence-corrected chi connectivity index (χ2v) is 7.75. The Hall–Kier alpha value is -1.38. The van der Waals surface area contributed by atoms with Gasteiger partial charge in [0.1, 0.15) is 0 Å². The average Bonchev–Trinajstić information content (AvgIpc) is 2.69. The van der Waals surface area contributed by atoms with E-state index in [0.29, 0.717) is 6.42 Å². The van der Waals surface area contributed by atoms with Gasteiger partial charge in [0.2, 0.25) is 0 Å². The number of carbonyl (C=O) groups excluding carboxylic acids is 2. The second-order valence-electron chi connectivity index (χ2n) is 7.75. The van der Waals surface area contributed by atoms with Crippen molar-refractivity contribution in [1.29, 1.82) is 0 Å². The molecule has 3 nitrogen and oxygen atoms in total. The van der Waals surface area contributed by atoms with Crippen molar-refractivity contribution >= 4 is 11.9 Å². The van der Waals surface area contributed by atoms with Gasteiger partial charge in [0.15, 0.2) is 0 Å². The topological polar surface area (TPSA) is 43.4 Å². The quantitative estimate of drug-likeness (QED) is 0.0696. The van der Waals surface area contributed by atoms with Gasteiger partial charge in [0.25, 0.3) is 0 Å². The van der Waals surface area contributed by atoms with E-state index in [9.17, 15) is 9.59 Å². The highest BCUT2D eigenvalue weighted by Gasteiger charge is 2.06. The third-order valence-electron chi connectivity index (χ3n) is 5.02. The molecule has 0 atom stereocenters. The summed E-state index contributed by atoms with van der Waals surface area (Å²) < 4.78 is 4.54. The molecule has 0 aromatic heterocycles. The summed E-state index contributed by atoms with van der Waals surface area (Å²) in [7, 11) is 0. The highest BCUT2D eigenvalue weighted by molar-refractivity contribution is 5.91. The fourth-order valence-corrected chi connectivity index (χ4v) is 3.25. The summed E-state index contributed by atoms with van der Waals surface area (Å²) in [6.45, 7) is 5.54. The largest absolute Gasteiger partial charge is 0.390 e. The summed E-state index contributed by atoms with van der Waals surface area (Å²) in [5.41, 5.74) is 0. The second kappa shape index (κ2) is 21.9. The van der Waals surface area contributed by atoms with Crippen LogP contribution in [0.4, 0.5) is 0 Å². The van der Waals surface area contributed by atoms with Crippen molar-refractivity contribution in [2.45, 2.75) is 122 Å². The van der Waals surface area contributed by atoms with Crippen LogP contribution in [0.3, 0.4) is 0 Å². The van der Waals surface area contributed by atoms with E-state index in [1.54, 1.807) is 0 Å². The first-order valence-corrected chi connectivity index (χ1v) is 11.7. The molecule has 0 aromatic carbocycles. The Morgan fingerprint density at radius 2 is 1.11 bits per heavy atom. The van der Waals surface area contributed by atoms with Gasteiger partial charge >= 0.3 is 11.9 Å². The summed E-state index contributed by atoms with van der Waals surface area (Å²) >= 11 is 0. The Bertz CT molecular complexity index is 412. The maximum atomic E-state index is 11.3. The molecule has 0 N–H and O–H groups in total. The van der Waals surface area contributed by atoms with Crippen molar-refractivity contribution in [3.8, 4) is 0 Å². The molecule has 0 radical (unpaired) electrons. The number of hydrogen-bond donors (Lipinski definition) is 0. The van der Waals surface area contributed by atoms with Gasteiger partial charge in [-0.2, -0.15) is 0 Å². The number of hydrogen-bond acceptors (Lipinski definition) is 3. The van der Waals surface area contributed by atoms with Crippen LogP contribution in [-0.2, 0) is 14.3 Å². The lowest BCUT2D eigenvalue weighted by Crippen LogP contribution is -2.09. The smallest absolute Gasteiger partial charge is 0.337 e. The van der Waals surface area contributed by atoms with Gasteiger partial charge in [0, 0.05) is 12.5 Å². The van der Waals surface area contributed by atoms with Crippen LogP contribution < -0.4 is 0 Å². The summed E-state index contributed by atoms with van der Waals surface area (Å²) in [6.07, 6.45) is 27.7. The van der Waals surface area contributed by atoms with Crippen LogP contribution in [0.1, 0.15) is 122 Å². The van der Waals surface area contributed by atoms with Gasteiger partial charge in [0.05, 0.1) is 0 Å². The molecule has 0 rings (SSSR count). The molecule has 0 aromatic rings. The predicted molar refractivity (Wildman–Crippen MR) is 119 cm³/mol. The molecule has 0 fully saturated rings. The van der Waals surface area contributed by atoms with E-state index in [4.69, 9.17) is 0 Å².